The Balaban J connectivity index is 1.61. The van der Waals surface area contributed by atoms with Crippen LogP contribution in [0.5, 0.6) is 0 Å². The van der Waals surface area contributed by atoms with E-state index in [0.29, 0.717) is 31.0 Å². The molecule has 0 atom stereocenters. The molecule has 3 aromatic rings. The van der Waals surface area contributed by atoms with Crippen LogP contribution < -0.4 is 10.6 Å². The predicted molar refractivity (Wildman–Crippen MR) is 130 cm³/mol. The van der Waals surface area contributed by atoms with E-state index in [9.17, 15) is 9.59 Å². The number of benzene rings is 2. The first-order valence-electron chi connectivity index (χ1n) is 10.8. The summed E-state index contributed by atoms with van der Waals surface area (Å²) in [6.45, 7) is 2.19. The normalized spacial score (nSPS) is 10.7. The highest BCUT2D eigenvalue weighted by atomic mass is 16.5. The first-order valence-corrected chi connectivity index (χ1v) is 10.8. The zero-order valence-corrected chi connectivity index (χ0v) is 18.5. The van der Waals surface area contributed by atoms with E-state index in [-0.39, 0.29) is 11.9 Å². The van der Waals surface area contributed by atoms with E-state index in [2.05, 4.69) is 26.5 Å². The maximum Gasteiger partial charge on any atom is 0.305 e. The average molecular weight is 443 g/mol. The number of nitrogens with one attached hydrogen (secondary N) is 2. The molecule has 0 spiro atoms. The first-order chi connectivity index (χ1) is 16.1. The molecule has 2 aromatic carbocycles. The Morgan fingerprint density at radius 2 is 2.00 bits per heavy atom. The lowest BCUT2D eigenvalue weighted by molar-refractivity contribution is -0.143. The largest absolute Gasteiger partial charge is 0.466 e. The van der Waals surface area contributed by atoms with E-state index in [1.54, 1.807) is 19.1 Å². The zero-order chi connectivity index (χ0) is 23.5. The zero-order valence-electron chi connectivity index (χ0n) is 18.5. The van der Waals surface area contributed by atoms with Crippen molar-refractivity contribution in [3.8, 4) is 12.3 Å². The molecule has 0 fully saturated rings. The highest BCUT2D eigenvalue weighted by Crippen LogP contribution is 2.26. The second-order valence-electron chi connectivity index (χ2n) is 7.25. The Bertz CT molecular complexity index is 1200. The summed E-state index contributed by atoms with van der Waals surface area (Å²) in [6, 6.07) is 12.9. The van der Waals surface area contributed by atoms with Gasteiger partial charge in [-0.05, 0) is 68.7 Å². The Morgan fingerprint density at radius 3 is 2.82 bits per heavy atom. The van der Waals surface area contributed by atoms with E-state index < -0.39 is 0 Å². The number of esters is 1. The van der Waals surface area contributed by atoms with Crippen LogP contribution in [-0.4, -0.2) is 28.5 Å². The number of hydrogen-bond acceptors (Lipinski definition) is 6. The van der Waals surface area contributed by atoms with Crippen molar-refractivity contribution in [2.45, 2.75) is 32.6 Å². The molecule has 168 valence electrons. The average Bonchev–Trinajstić information content (AvgIpc) is 2.82. The van der Waals surface area contributed by atoms with E-state index in [1.165, 1.54) is 12.4 Å². The van der Waals surface area contributed by atoms with Gasteiger partial charge in [0, 0.05) is 28.7 Å². The van der Waals surface area contributed by atoms with Gasteiger partial charge in [-0.1, -0.05) is 18.1 Å². The number of carbonyl (C=O) groups is 2. The van der Waals surface area contributed by atoms with Gasteiger partial charge in [0.1, 0.15) is 12.1 Å². The number of carbonyl (C=O) groups excluding carboxylic acids is 2. The van der Waals surface area contributed by atoms with Crippen molar-refractivity contribution in [3.05, 3.63) is 66.5 Å². The van der Waals surface area contributed by atoms with E-state index in [1.807, 2.05) is 36.4 Å². The Labute approximate surface area is 193 Å². The number of nitrogens with zero attached hydrogens (tertiary/aromatic N) is 2. The number of ether oxygens (including phenoxy) is 1. The van der Waals surface area contributed by atoms with Gasteiger partial charge in [0.15, 0.2) is 0 Å². The molecule has 33 heavy (non-hydrogen) atoms. The summed E-state index contributed by atoms with van der Waals surface area (Å²) in [5, 5.41) is 6.89. The topological polar surface area (TPSA) is 93.2 Å². The third-order valence-electron chi connectivity index (χ3n) is 4.77. The highest BCUT2D eigenvalue weighted by Gasteiger charge is 2.07. The molecule has 1 amide bonds. The van der Waals surface area contributed by atoms with Gasteiger partial charge in [-0.3, -0.25) is 9.59 Å². The molecule has 0 aliphatic carbocycles. The monoisotopic (exact) mass is 442 g/mol. The number of fused-ring (bicyclic) bond motifs is 1. The number of aromatic nitrogens is 2. The van der Waals surface area contributed by atoms with Crippen LogP contribution >= 0.6 is 0 Å². The summed E-state index contributed by atoms with van der Waals surface area (Å²) in [6.07, 6.45) is 12.9. The van der Waals surface area contributed by atoms with Crippen LogP contribution in [0.1, 0.15) is 38.2 Å². The fourth-order valence-corrected chi connectivity index (χ4v) is 3.20. The molecule has 0 aliphatic rings. The first kappa shape index (κ1) is 23.5. The lowest BCUT2D eigenvalue weighted by atomic mass is 10.1. The smallest absolute Gasteiger partial charge is 0.305 e. The molecule has 0 radical (unpaired) electrons. The molecule has 0 saturated heterocycles. The SMILES string of the molecule is C#Cc1cccc(Nc2ncnc3ccc(NC(=O)/C=C/CCCCC(=O)OCC)cc23)c1. The van der Waals surface area contributed by atoms with E-state index in [4.69, 9.17) is 11.2 Å². The highest BCUT2D eigenvalue weighted by molar-refractivity contribution is 6.01. The van der Waals surface area contributed by atoms with Gasteiger partial charge in [-0.2, -0.15) is 0 Å². The van der Waals surface area contributed by atoms with Crippen LogP contribution in [0.4, 0.5) is 17.2 Å². The van der Waals surface area contributed by atoms with E-state index in [0.717, 1.165) is 35.0 Å². The van der Waals surface area contributed by atoms with Crippen LogP contribution in [0.25, 0.3) is 10.9 Å². The summed E-state index contributed by atoms with van der Waals surface area (Å²) < 4.78 is 4.89. The minimum Gasteiger partial charge on any atom is -0.466 e. The molecule has 1 aromatic heterocycles. The Kier molecular flexibility index (Phi) is 8.55. The standard InChI is InChI=1S/C26H26N4O3/c1-3-19-10-9-11-20(16-19)30-26-22-17-21(14-15-23(22)27-18-28-26)29-24(31)12-7-5-6-8-13-25(32)33-4-2/h1,7,9-12,14-18H,4-6,8,13H2,2H3,(H,29,31)(H,27,28,30)/b12-7+. The van der Waals surface area contributed by atoms with Gasteiger partial charge >= 0.3 is 5.97 Å². The molecular formula is C26H26N4O3. The maximum absolute atomic E-state index is 12.3. The molecular weight excluding hydrogens is 416 g/mol. The van der Waals surface area contributed by atoms with Gasteiger partial charge in [0.05, 0.1) is 12.1 Å². The van der Waals surface area contributed by atoms with Gasteiger partial charge in [-0.25, -0.2) is 9.97 Å². The van der Waals surface area contributed by atoms with Crippen molar-refractivity contribution in [2.75, 3.05) is 17.2 Å². The lowest BCUT2D eigenvalue weighted by Gasteiger charge is -2.10. The van der Waals surface area contributed by atoms with Crippen molar-refractivity contribution in [3.63, 3.8) is 0 Å². The van der Waals surface area contributed by atoms with Crippen LogP contribution in [0.3, 0.4) is 0 Å². The van der Waals surface area contributed by atoms with Crippen molar-refractivity contribution < 1.29 is 14.3 Å². The minimum absolute atomic E-state index is 0.183. The summed E-state index contributed by atoms with van der Waals surface area (Å²) >= 11 is 0. The van der Waals surface area contributed by atoms with Gasteiger partial charge < -0.3 is 15.4 Å². The molecule has 0 bridgehead atoms. The van der Waals surface area contributed by atoms with Crippen molar-refractivity contribution in [1.82, 2.24) is 9.97 Å². The van der Waals surface area contributed by atoms with Gasteiger partial charge in [0.2, 0.25) is 5.91 Å². The van der Waals surface area contributed by atoms with E-state index >= 15 is 0 Å². The fourth-order valence-electron chi connectivity index (χ4n) is 3.20. The molecule has 2 N–H and O–H groups in total. The summed E-state index contributed by atoms with van der Waals surface area (Å²) in [5.74, 6) is 2.81. The van der Waals surface area contributed by atoms with Gasteiger partial charge in [-0.15, -0.1) is 6.42 Å². The third-order valence-corrected chi connectivity index (χ3v) is 4.77. The minimum atomic E-state index is -0.229. The van der Waals surface area contributed by atoms with Crippen LogP contribution in [0, 0.1) is 12.3 Å². The Morgan fingerprint density at radius 1 is 1.12 bits per heavy atom. The molecule has 7 nitrogen and oxygen atoms in total. The molecule has 1 heterocycles. The Hall–Kier alpha value is -4.18. The molecule has 7 heteroatoms. The number of allylic oxidation sites excluding steroid dienone is 1. The van der Waals surface area contributed by atoms with Crippen LogP contribution in [0.15, 0.2) is 60.9 Å². The summed E-state index contributed by atoms with van der Waals surface area (Å²) in [4.78, 5) is 32.2. The lowest BCUT2D eigenvalue weighted by Crippen LogP contribution is -2.08. The quantitative estimate of drug-likeness (QED) is 0.199. The van der Waals surface area contributed by atoms with Gasteiger partial charge in [0.25, 0.3) is 0 Å². The fraction of sp³-hybridized carbons (Fsp3) is 0.231. The number of rotatable bonds is 10. The van der Waals surface area contributed by atoms with Crippen molar-refractivity contribution in [1.29, 1.82) is 0 Å². The molecule has 0 saturated carbocycles. The maximum atomic E-state index is 12.3. The van der Waals surface area contributed by atoms with Crippen molar-refractivity contribution >= 4 is 40.0 Å². The number of amides is 1. The molecule has 3 rings (SSSR count). The second-order valence-corrected chi connectivity index (χ2v) is 7.25. The van der Waals surface area contributed by atoms with Crippen LogP contribution in [-0.2, 0) is 14.3 Å². The number of terminal acetylenes is 1. The number of anilines is 3. The predicted octanol–water partition coefficient (Wildman–Crippen LogP) is 4.97. The van der Waals surface area contributed by atoms with Crippen molar-refractivity contribution in [2.24, 2.45) is 0 Å². The number of hydrogen-bond donors (Lipinski definition) is 2. The molecule has 0 unspecified atom stereocenters. The molecule has 0 aliphatic heterocycles. The second kappa shape index (κ2) is 12.0. The third kappa shape index (κ3) is 7.18. The number of unbranched alkanes of at least 4 members (excludes halogenated alkanes) is 2. The summed E-state index contributed by atoms with van der Waals surface area (Å²) in [5.41, 5.74) is 2.95. The summed E-state index contributed by atoms with van der Waals surface area (Å²) in [7, 11) is 0. The van der Waals surface area contributed by atoms with Crippen LogP contribution in [0.2, 0.25) is 0 Å².